The molecule has 0 aliphatic carbocycles. The van der Waals surface area contributed by atoms with Gasteiger partial charge in [-0.3, -0.25) is 14.5 Å². The number of likely N-dealkylation sites (tertiary alicyclic amines) is 1. The highest BCUT2D eigenvalue weighted by Gasteiger charge is 2.48. The Morgan fingerprint density at radius 2 is 1.76 bits per heavy atom. The molecular formula is C34H44ClF2N3O2. The second kappa shape index (κ2) is 14.4. The second-order valence-corrected chi connectivity index (χ2v) is 12.3. The van der Waals surface area contributed by atoms with E-state index in [9.17, 15) is 18.4 Å². The minimum atomic E-state index is -0.782. The molecule has 2 N–H and O–H groups in total. The SMILES string of the molecule is C=C(/C=C(\CC)c1ccc(F)cc1F)C(=O)NC1(CC(=O)NC(C)(C)c2cccc(Cl)c2)CN(C(CCC)CCC)C1. The number of halogens is 3. The number of hydrogen-bond acceptors (Lipinski definition) is 3. The van der Waals surface area contributed by atoms with Crippen LogP contribution in [0.5, 0.6) is 0 Å². The van der Waals surface area contributed by atoms with E-state index in [0.29, 0.717) is 36.1 Å². The molecule has 8 heteroatoms. The van der Waals surface area contributed by atoms with Gasteiger partial charge in [-0.15, -0.1) is 0 Å². The maximum absolute atomic E-state index is 14.5. The Kier molecular flexibility index (Phi) is 11.5. The van der Waals surface area contributed by atoms with Crippen molar-refractivity contribution in [2.75, 3.05) is 13.1 Å². The van der Waals surface area contributed by atoms with E-state index in [2.05, 4.69) is 36.0 Å². The van der Waals surface area contributed by atoms with Crippen molar-refractivity contribution in [1.29, 1.82) is 0 Å². The molecular weight excluding hydrogens is 556 g/mol. The summed E-state index contributed by atoms with van der Waals surface area (Å²) in [6.07, 6.45) is 6.25. The summed E-state index contributed by atoms with van der Waals surface area (Å²) in [6, 6.07) is 11.1. The topological polar surface area (TPSA) is 61.4 Å². The number of nitrogens with one attached hydrogen (secondary N) is 2. The van der Waals surface area contributed by atoms with Gasteiger partial charge in [-0.25, -0.2) is 8.78 Å². The molecule has 42 heavy (non-hydrogen) atoms. The number of allylic oxidation sites excluding steroid dienone is 1. The van der Waals surface area contributed by atoms with E-state index in [1.807, 2.05) is 39.0 Å². The molecule has 2 amide bonds. The summed E-state index contributed by atoms with van der Waals surface area (Å²) in [5.74, 6) is -1.97. The zero-order valence-electron chi connectivity index (χ0n) is 25.5. The van der Waals surface area contributed by atoms with Crippen molar-refractivity contribution in [1.82, 2.24) is 15.5 Å². The second-order valence-electron chi connectivity index (χ2n) is 11.9. The highest BCUT2D eigenvalue weighted by Crippen LogP contribution is 2.32. The zero-order valence-corrected chi connectivity index (χ0v) is 26.2. The summed E-state index contributed by atoms with van der Waals surface area (Å²) in [7, 11) is 0. The third-order valence-electron chi connectivity index (χ3n) is 7.95. The maximum atomic E-state index is 14.5. The van der Waals surface area contributed by atoms with Crippen LogP contribution in [0.15, 0.2) is 60.7 Å². The lowest BCUT2D eigenvalue weighted by Gasteiger charge is -2.53. The molecule has 2 aromatic carbocycles. The van der Waals surface area contributed by atoms with Gasteiger partial charge in [0, 0.05) is 41.4 Å². The van der Waals surface area contributed by atoms with Crippen LogP contribution >= 0.6 is 11.6 Å². The highest BCUT2D eigenvalue weighted by molar-refractivity contribution is 6.30. The van der Waals surface area contributed by atoms with E-state index >= 15 is 0 Å². The number of hydrogen-bond donors (Lipinski definition) is 2. The Morgan fingerprint density at radius 3 is 2.33 bits per heavy atom. The van der Waals surface area contributed by atoms with Crippen LogP contribution in [0.25, 0.3) is 5.57 Å². The lowest BCUT2D eigenvalue weighted by atomic mass is 9.82. The van der Waals surface area contributed by atoms with Gasteiger partial charge in [-0.1, -0.05) is 63.9 Å². The minimum absolute atomic E-state index is 0.0917. The molecule has 0 unspecified atom stereocenters. The summed E-state index contributed by atoms with van der Waals surface area (Å²) in [5, 5.41) is 6.82. The number of nitrogens with zero attached hydrogens (tertiary/aromatic N) is 1. The molecule has 0 bridgehead atoms. The average molecular weight is 600 g/mol. The predicted molar refractivity (Wildman–Crippen MR) is 167 cm³/mol. The van der Waals surface area contributed by atoms with Gasteiger partial charge in [0.25, 0.3) is 5.91 Å². The van der Waals surface area contributed by atoms with Crippen LogP contribution in [-0.4, -0.2) is 41.4 Å². The summed E-state index contributed by atoms with van der Waals surface area (Å²) in [4.78, 5) is 29.3. The van der Waals surface area contributed by atoms with Crippen molar-refractivity contribution in [2.24, 2.45) is 0 Å². The van der Waals surface area contributed by atoms with Crippen LogP contribution in [0.2, 0.25) is 5.02 Å². The van der Waals surface area contributed by atoms with Crippen molar-refractivity contribution in [2.45, 2.75) is 90.3 Å². The highest BCUT2D eigenvalue weighted by atomic mass is 35.5. The molecule has 5 nitrogen and oxygen atoms in total. The fourth-order valence-corrected chi connectivity index (χ4v) is 5.96. The Labute approximate surface area is 254 Å². The van der Waals surface area contributed by atoms with Crippen molar-refractivity contribution < 1.29 is 18.4 Å². The van der Waals surface area contributed by atoms with Crippen molar-refractivity contribution in [3.8, 4) is 0 Å². The lowest BCUT2D eigenvalue weighted by molar-refractivity contribution is -0.130. The molecule has 3 rings (SSSR count). The molecule has 0 spiro atoms. The van der Waals surface area contributed by atoms with Crippen LogP contribution in [0.1, 0.15) is 84.3 Å². The first kappa shape index (κ1) is 33.5. The summed E-state index contributed by atoms with van der Waals surface area (Å²) in [6.45, 7) is 15.0. The van der Waals surface area contributed by atoms with E-state index < -0.39 is 28.6 Å². The van der Waals surface area contributed by atoms with Crippen molar-refractivity contribution >= 4 is 29.0 Å². The average Bonchev–Trinajstić information content (AvgIpc) is 2.89. The predicted octanol–water partition coefficient (Wildman–Crippen LogP) is 7.55. The largest absolute Gasteiger partial charge is 0.347 e. The molecule has 1 heterocycles. The molecule has 2 aromatic rings. The van der Waals surface area contributed by atoms with Gasteiger partial charge in [0.05, 0.1) is 17.5 Å². The smallest absolute Gasteiger partial charge is 0.251 e. The Balaban J connectivity index is 1.81. The molecule has 0 aromatic heterocycles. The first-order valence-electron chi connectivity index (χ1n) is 14.8. The molecule has 0 radical (unpaired) electrons. The molecule has 1 saturated heterocycles. The van der Waals surface area contributed by atoms with E-state index in [1.54, 1.807) is 6.07 Å². The van der Waals surface area contributed by atoms with E-state index in [1.165, 1.54) is 18.2 Å². The summed E-state index contributed by atoms with van der Waals surface area (Å²) < 4.78 is 27.9. The molecule has 0 atom stereocenters. The maximum Gasteiger partial charge on any atom is 0.251 e. The fourth-order valence-electron chi connectivity index (χ4n) is 5.77. The van der Waals surface area contributed by atoms with Crippen molar-refractivity contribution in [3.05, 3.63) is 88.5 Å². The first-order chi connectivity index (χ1) is 19.8. The Morgan fingerprint density at radius 1 is 1.10 bits per heavy atom. The zero-order chi connectivity index (χ0) is 31.1. The van der Waals surface area contributed by atoms with Gasteiger partial charge >= 0.3 is 0 Å². The standard InChI is InChI=1S/C34H44ClF2N3O2/c1-7-11-28(12-8-2)40-21-34(22-40,20-31(41)38-33(5,6)25-13-10-14-26(35)18-25)39-32(42)23(4)17-24(9-3)29-16-15-27(36)19-30(29)37/h10,13-19,28H,4,7-9,11-12,20-22H2,1-3,5-6H3,(H,38,41)(H,39,42)/b24-17+. The van der Waals surface area contributed by atoms with E-state index in [-0.39, 0.29) is 23.5 Å². The van der Waals surface area contributed by atoms with Gasteiger partial charge in [0.2, 0.25) is 5.91 Å². The summed E-state index contributed by atoms with van der Waals surface area (Å²) in [5.41, 5.74) is 0.319. The fraction of sp³-hybridized carbons (Fsp3) is 0.471. The van der Waals surface area contributed by atoms with E-state index in [0.717, 1.165) is 37.3 Å². The van der Waals surface area contributed by atoms with Crippen LogP contribution in [0.3, 0.4) is 0 Å². The van der Waals surface area contributed by atoms with Gasteiger partial charge in [-0.05, 0) is 74.6 Å². The molecule has 1 aliphatic heterocycles. The molecule has 228 valence electrons. The van der Waals surface area contributed by atoms with Crippen LogP contribution in [0, 0.1) is 11.6 Å². The Bertz CT molecular complexity index is 1310. The van der Waals surface area contributed by atoms with Gasteiger partial charge in [0.1, 0.15) is 11.6 Å². The van der Waals surface area contributed by atoms with E-state index in [4.69, 9.17) is 11.6 Å². The molecule has 1 aliphatic rings. The van der Waals surface area contributed by atoms with Gasteiger partial charge in [0.15, 0.2) is 0 Å². The quantitative estimate of drug-likeness (QED) is 0.174. The third kappa shape index (κ3) is 8.51. The minimum Gasteiger partial charge on any atom is -0.347 e. The number of rotatable bonds is 14. The summed E-state index contributed by atoms with van der Waals surface area (Å²) >= 11 is 6.19. The lowest BCUT2D eigenvalue weighted by Crippen LogP contribution is -2.73. The number of carbonyl (C=O) groups is 2. The number of amides is 2. The van der Waals surface area contributed by atoms with Crippen molar-refractivity contribution in [3.63, 3.8) is 0 Å². The van der Waals surface area contributed by atoms with Crippen LogP contribution < -0.4 is 10.6 Å². The molecule has 0 saturated carbocycles. The van der Waals surface area contributed by atoms with Gasteiger partial charge < -0.3 is 10.6 Å². The molecule has 1 fully saturated rings. The third-order valence-corrected chi connectivity index (χ3v) is 8.18. The Hall–Kier alpha value is -3.03. The number of benzene rings is 2. The normalized spacial score (nSPS) is 15.3. The van der Waals surface area contributed by atoms with Gasteiger partial charge in [-0.2, -0.15) is 0 Å². The van der Waals surface area contributed by atoms with Crippen LogP contribution in [0.4, 0.5) is 8.78 Å². The monoisotopic (exact) mass is 599 g/mol. The van der Waals surface area contributed by atoms with Crippen LogP contribution in [-0.2, 0) is 15.1 Å². The first-order valence-corrected chi connectivity index (χ1v) is 15.2. The number of carbonyl (C=O) groups excluding carboxylic acids is 2.